The molecule has 2 aliphatic rings. The molecule has 4 nitrogen and oxygen atoms in total. The fourth-order valence-corrected chi connectivity index (χ4v) is 2.51. The molecule has 0 bridgehead atoms. The van der Waals surface area contributed by atoms with Crippen LogP contribution in [0.4, 0.5) is 0 Å². The van der Waals surface area contributed by atoms with Gasteiger partial charge in [0.15, 0.2) is 0 Å². The number of ether oxygens (including phenoxy) is 1. The van der Waals surface area contributed by atoms with E-state index in [1.807, 2.05) is 19.6 Å². The van der Waals surface area contributed by atoms with Gasteiger partial charge in [-0.15, -0.1) is 0 Å². The summed E-state index contributed by atoms with van der Waals surface area (Å²) < 4.78 is 7.87. The van der Waals surface area contributed by atoms with Crippen molar-refractivity contribution in [2.75, 3.05) is 6.61 Å². The van der Waals surface area contributed by atoms with Crippen LogP contribution in [0.5, 0.6) is 0 Å². The van der Waals surface area contributed by atoms with Crippen LogP contribution in [0.3, 0.4) is 0 Å². The molecular formula is C12H19N3O. The SMILES string of the molecule is Cn1cncc1CNC1CCOC1C1CC1. The molecule has 0 aromatic carbocycles. The van der Waals surface area contributed by atoms with Crippen LogP contribution >= 0.6 is 0 Å². The Hall–Kier alpha value is -0.870. The maximum atomic E-state index is 5.80. The van der Waals surface area contributed by atoms with Gasteiger partial charge >= 0.3 is 0 Å². The van der Waals surface area contributed by atoms with Gasteiger partial charge in [0.05, 0.1) is 18.1 Å². The van der Waals surface area contributed by atoms with E-state index in [2.05, 4.69) is 14.9 Å². The number of hydrogen-bond acceptors (Lipinski definition) is 3. The van der Waals surface area contributed by atoms with Crippen LogP contribution in [-0.4, -0.2) is 28.3 Å². The number of nitrogens with zero attached hydrogens (tertiary/aromatic N) is 2. The maximum absolute atomic E-state index is 5.80. The van der Waals surface area contributed by atoms with Gasteiger partial charge in [-0.05, 0) is 25.2 Å². The molecule has 1 aromatic rings. The molecule has 16 heavy (non-hydrogen) atoms. The number of rotatable bonds is 4. The summed E-state index contributed by atoms with van der Waals surface area (Å²) in [6.45, 7) is 1.82. The molecule has 0 spiro atoms. The molecule has 1 aliphatic carbocycles. The summed E-state index contributed by atoms with van der Waals surface area (Å²) in [7, 11) is 2.04. The molecule has 3 rings (SSSR count). The molecule has 4 heteroatoms. The lowest BCUT2D eigenvalue weighted by Gasteiger charge is -2.19. The Morgan fingerprint density at radius 3 is 3.06 bits per heavy atom. The molecule has 0 amide bonds. The second-order valence-electron chi connectivity index (χ2n) is 4.94. The Balaban J connectivity index is 1.56. The van der Waals surface area contributed by atoms with E-state index in [4.69, 9.17) is 4.74 Å². The van der Waals surface area contributed by atoms with Crippen molar-refractivity contribution in [1.82, 2.24) is 14.9 Å². The first-order chi connectivity index (χ1) is 7.84. The normalized spacial score (nSPS) is 29.8. The van der Waals surface area contributed by atoms with E-state index in [1.54, 1.807) is 0 Å². The van der Waals surface area contributed by atoms with Crippen molar-refractivity contribution in [1.29, 1.82) is 0 Å². The van der Waals surface area contributed by atoms with Gasteiger partial charge in [0.1, 0.15) is 0 Å². The summed E-state index contributed by atoms with van der Waals surface area (Å²) in [6.07, 6.45) is 8.10. The molecule has 88 valence electrons. The topological polar surface area (TPSA) is 39.1 Å². The predicted octanol–water partition coefficient (Wildman–Crippen LogP) is 1.08. The Bertz CT molecular complexity index is 359. The molecule has 0 radical (unpaired) electrons. The van der Waals surface area contributed by atoms with Crippen molar-refractivity contribution in [3.05, 3.63) is 18.2 Å². The molecule has 1 aliphatic heterocycles. The highest BCUT2D eigenvalue weighted by atomic mass is 16.5. The molecule has 2 atom stereocenters. The molecule has 1 saturated carbocycles. The van der Waals surface area contributed by atoms with Gasteiger partial charge in [-0.3, -0.25) is 0 Å². The van der Waals surface area contributed by atoms with Gasteiger partial charge in [0, 0.05) is 32.4 Å². The van der Waals surface area contributed by atoms with Gasteiger partial charge in [-0.25, -0.2) is 4.98 Å². The second kappa shape index (κ2) is 4.18. The van der Waals surface area contributed by atoms with Crippen molar-refractivity contribution in [3.63, 3.8) is 0 Å². The number of hydrogen-bond donors (Lipinski definition) is 1. The zero-order valence-electron chi connectivity index (χ0n) is 9.72. The van der Waals surface area contributed by atoms with Crippen LogP contribution in [0.15, 0.2) is 12.5 Å². The van der Waals surface area contributed by atoms with E-state index >= 15 is 0 Å². The van der Waals surface area contributed by atoms with Crippen molar-refractivity contribution in [3.8, 4) is 0 Å². The lowest BCUT2D eigenvalue weighted by atomic mass is 10.1. The van der Waals surface area contributed by atoms with Gasteiger partial charge in [-0.1, -0.05) is 0 Å². The molecular weight excluding hydrogens is 202 g/mol. The quantitative estimate of drug-likeness (QED) is 0.827. The summed E-state index contributed by atoms with van der Waals surface area (Å²) in [4.78, 5) is 4.13. The largest absolute Gasteiger partial charge is 0.376 e. The van der Waals surface area contributed by atoms with Crippen LogP contribution in [0.2, 0.25) is 0 Å². The van der Waals surface area contributed by atoms with E-state index in [9.17, 15) is 0 Å². The smallest absolute Gasteiger partial charge is 0.0945 e. The summed E-state index contributed by atoms with van der Waals surface area (Å²) in [5, 5.41) is 3.61. The summed E-state index contributed by atoms with van der Waals surface area (Å²) >= 11 is 0. The van der Waals surface area contributed by atoms with Gasteiger partial charge in [0.2, 0.25) is 0 Å². The number of nitrogens with one attached hydrogen (secondary N) is 1. The van der Waals surface area contributed by atoms with Crippen molar-refractivity contribution >= 4 is 0 Å². The van der Waals surface area contributed by atoms with E-state index in [1.165, 1.54) is 18.5 Å². The number of aromatic nitrogens is 2. The van der Waals surface area contributed by atoms with Crippen molar-refractivity contribution in [2.24, 2.45) is 13.0 Å². The average molecular weight is 221 g/mol. The summed E-state index contributed by atoms with van der Waals surface area (Å²) in [5.41, 5.74) is 1.24. The molecule has 2 unspecified atom stereocenters. The Labute approximate surface area is 96.0 Å². The van der Waals surface area contributed by atoms with Crippen molar-refractivity contribution in [2.45, 2.75) is 38.0 Å². The minimum atomic E-state index is 0.466. The van der Waals surface area contributed by atoms with Crippen LogP contribution < -0.4 is 5.32 Å². The minimum Gasteiger partial charge on any atom is -0.376 e. The Kier molecular flexibility index (Phi) is 2.69. The Morgan fingerprint density at radius 1 is 1.50 bits per heavy atom. The van der Waals surface area contributed by atoms with Gasteiger partial charge < -0.3 is 14.6 Å². The number of aryl methyl sites for hydroxylation is 1. The minimum absolute atomic E-state index is 0.466. The highest BCUT2D eigenvalue weighted by Crippen LogP contribution is 2.38. The van der Waals surface area contributed by atoms with Gasteiger partial charge in [0.25, 0.3) is 0 Å². The molecule has 2 fully saturated rings. The zero-order valence-corrected chi connectivity index (χ0v) is 9.72. The van der Waals surface area contributed by atoms with E-state index in [0.717, 1.165) is 25.5 Å². The standard InChI is InChI=1S/C12H19N3O/c1-15-8-13-6-10(15)7-14-11-4-5-16-12(11)9-2-3-9/h6,8-9,11-12,14H,2-5,7H2,1H3. The third-order valence-corrected chi connectivity index (χ3v) is 3.68. The van der Waals surface area contributed by atoms with Crippen LogP contribution in [0, 0.1) is 5.92 Å². The summed E-state index contributed by atoms with van der Waals surface area (Å²) in [5.74, 6) is 0.825. The Morgan fingerprint density at radius 2 is 2.38 bits per heavy atom. The van der Waals surface area contributed by atoms with E-state index < -0.39 is 0 Å². The lowest BCUT2D eigenvalue weighted by molar-refractivity contribution is 0.0808. The van der Waals surface area contributed by atoms with E-state index in [0.29, 0.717) is 12.1 Å². The molecule has 1 saturated heterocycles. The van der Waals surface area contributed by atoms with Crippen LogP contribution in [0.25, 0.3) is 0 Å². The highest BCUT2D eigenvalue weighted by Gasteiger charge is 2.40. The lowest BCUT2D eigenvalue weighted by Crippen LogP contribution is -2.37. The monoisotopic (exact) mass is 221 g/mol. The second-order valence-corrected chi connectivity index (χ2v) is 4.94. The van der Waals surface area contributed by atoms with Gasteiger partial charge in [-0.2, -0.15) is 0 Å². The fourth-order valence-electron chi connectivity index (χ4n) is 2.51. The first kappa shape index (κ1) is 10.3. The van der Waals surface area contributed by atoms with E-state index in [-0.39, 0.29) is 0 Å². The summed E-state index contributed by atoms with van der Waals surface area (Å²) in [6, 6.07) is 0.544. The third kappa shape index (κ3) is 1.99. The van der Waals surface area contributed by atoms with Crippen LogP contribution in [-0.2, 0) is 18.3 Å². The van der Waals surface area contributed by atoms with Crippen molar-refractivity contribution < 1.29 is 4.74 Å². The third-order valence-electron chi connectivity index (χ3n) is 3.68. The first-order valence-electron chi connectivity index (χ1n) is 6.15. The molecule has 1 N–H and O–H groups in total. The zero-order chi connectivity index (χ0) is 11.0. The fraction of sp³-hybridized carbons (Fsp3) is 0.750. The first-order valence-corrected chi connectivity index (χ1v) is 6.15. The maximum Gasteiger partial charge on any atom is 0.0945 e. The molecule has 2 heterocycles. The van der Waals surface area contributed by atoms with Crippen LogP contribution in [0.1, 0.15) is 25.0 Å². The predicted molar refractivity (Wildman–Crippen MR) is 60.9 cm³/mol. The number of imidazole rings is 1. The molecule has 1 aromatic heterocycles. The average Bonchev–Trinajstić information content (AvgIpc) is 2.88. The highest BCUT2D eigenvalue weighted by molar-refractivity contribution is 4.99.